The van der Waals surface area contributed by atoms with E-state index in [-0.39, 0.29) is 5.78 Å². The van der Waals surface area contributed by atoms with Crippen molar-refractivity contribution >= 4 is 27.2 Å². The summed E-state index contributed by atoms with van der Waals surface area (Å²) < 4.78 is 1.86. The minimum absolute atomic E-state index is 0.0615. The number of nitrogens with one attached hydrogen (secondary N) is 1. The maximum absolute atomic E-state index is 11.6. The van der Waals surface area contributed by atoms with Gasteiger partial charge in [0.2, 0.25) is 10.1 Å². The number of ketones is 1. The van der Waals surface area contributed by atoms with Crippen molar-refractivity contribution in [3.8, 4) is 11.3 Å². The van der Waals surface area contributed by atoms with Crippen LogP contribution in [0.5, 0.6) is 0 Å². The molecule has 6 nitrogen and oxygen atoms in total. The Morgan fingerprint density at radius 2 is 2.15 bits per heavy atom. The topological polar surface area (TPSA) is 62.5 Å². The third-order valence-corrected chi connectivity index (χ3v) is 5.91. The number of benzene rings is 1. The van der Waals surface area contributed by atoms with Crippen LogP contribution in [0.3, 0.4) is 0 Å². The van der Waals surface area contributed by atoms with Gasteiger partial charge in [0.05, 0.1) is 11.9 Å². The fourth-order valence-electron chi connectivity index (χ4n) is 3.36. The van der Waals surface area contributed by atoms with Crippen LogP contribution in [0.15, 0.2) is 30.5 Å². The first-order chi connectivity index (χ1) is 12.6. The van der Waals surface area contributed by atoms with Crippen LogP contribution >= 0.6 is 11.3 Å². The van der Waals surface area contributed by atoms with Crippen LogP contribution in [0.2, 0.25) is 0 Å². The molecule has 4 rings (SSSR count). The highest BCUT2D eigenvalue weighted by atomic mass is 32.1. The van der Waals surface area contributed by atoms with E-state index in [0.29, 0.717) is 11.5 Å². The molecule has 1 saturated heterocycles. The third kappa shape index (κ3) is 3.50. The first-order valence-electron chi connectivity index (χ1n) is 8.98. The summed E-state index contributed by atoms with van der Waals surface area (Å²) in [5.74, 6) is 0.764. The number of imidazole rings is 1. The largest absolute Gasteiger partial charge is 0.360 e. The molecule has 26 heavy (non-hydrogen) atoms. The van der Waals surface area contributed by atoms with Gasteiger partial charge in [-0.25, -0.2) is 9.50 Å². The van der Waals surface area contributed by atoms with E-state index in [1.165, 1.54) is 25.9 Å². The third-order valence-electron chi connectivity index (χ3n) is 5.03. The second-order valence-electron chi connectivity index (χ2n) is 7.01. The van der Waals surface area contributed by atoms with Gasteiger partial charge in [-0.2, -0.15) is 0 Å². The predicted molar refractivity (Wildman–Crippen MR) is 105 cm³/mol. The molecule has 0 spiro atoms. The number of nitrogens with zero attached hydrogens (tertiary/aromatic N) is 4. The fourth-order valence-corrected chi connectivity index (χ4v) is 4.14. The summed E-state index contributed by atoms with van der Waals surface area (Å²) in [6.45, 7) is 4.88. The highest BCUT2D eigenvalue weighted by molar-refractivity contribution is 7.20. The maximum atomic E-state index is 11.6. The molecule has 0 atom stereocenters. The number of anilines is 1. The van der Waals surface area contributed by atoms with Gasteiger partial charge >= 0.3 is 0 Å². The molecule has 1 N–H and O–H groups in total. The zero-order valence-corrected chi connectivity index (χ0v) is 15.9. The standard InChI is InChI=1S/C19H23N5OS/c1-13(25)15-4-3-5-16(10-15)17-12-21-19-24(17)22-18(26-19)20-11-14-6-8-23(2)9-7-14/h3-5,10,12,14H,6-9,11H2,1-2H3,(H,20,22). The number of piperidine rings is 1. The number of hydrogen-bond acceptors (Lipinski definition) is 6. The van der Waals surface area contributed by atoms with Crippen molar-refractivity contribution in [2.45, 2.75) is 19.8 Å². The molecule has 136 valence electrons. The van der Waals surface area contributed by atoms with E-state index in [2.05, 4.69) is 27.3 Å². The molecule has 3 heterocycles. The SMILES string of the molecule is CC(=O)c1cccc(-c2cnc3sc(NCC4CCN(C)CC4)nn23)c1. The minimum Gasteiger partial charge on any atom is -0.360 e. The van der Waals surface area contributed by atoms with E-state index in [4.69, 9.17) is 0 Å². The van der Waals surface area contributed by atoms with E-state index >= 15 is 0 Å². The Balaban J connectivity index is 1.52. The van der Waals surface area contributed by atoms with Crippen molar-refractivity contribution in [3.63, 3.8) is 0 Å². The molecule has 1 aliphatic heterocycles. The Kier molecular flexibility index (Phi) is 4.74. The van der Waals surface area contributed by atoms with E-state index in [1.54, 1.807) is 18.3 Å². The quantitative estimate of drug-likeness (QED) is 0.698. The second-order valence-corrected chi connectivity index (χ2v) is 7.97. The van der Waals surface area contributed by atoms with E-state index in [0.717, 1.165) is 27.9 Å². The molecule has 0 saturated carbocycles. The van der Waals surface area contributed by atoms with Gasteiger partial charge < -0.3 is 10.2 Å². The van der Waals surface area contributed by atoms with Crippen molar-refractivity contribution in [2.75, 3.05) is 32.0 Å². The van der Waals surface area contributed by atoms with Crippen molar-refractivity contribution in [3.05, 3.63) is 36.0 Å². The normalized spacial score (nSPS) is 16.2. The van der Waals surface area contributed by atoms with Gasteiger partial charge in [0, 0.05) is 17.7 Å². The number of aromatic nitrogens is 3. The summed E-state index contributed by atoms with van der Waals surface area (Å²) in [7, 11) is 2.18. The van der Waals surface area contributed by atoms with Gasteiger partial charge in [0.15, 0.2) is 5.78 Å². The predicted octanol–water partition coefficient (Wildman–Crippen LogP) is 3.41. The molecule has 2 aromatic heterocycles. The molecule has 0 unspecified atom stereocenters. The Morgan fingerprint density at radius 3 is 2.92 bits per heavy atom. The van der Waals surface area contributed by atoms with Crippen LogP contribution in [0.1, 0.15) is 30.1 Å². The Bertz CT molecular complexity index is 923. The van der Waals surface area contributed by atoms with Crippen molar-refractivity contribution in [1.29, 1.82) is 0 Å². The molecule has 1 aromatic carbocycles. The lowest BCUT2D eigenvalue weighted by Crippen LogP contribution is -2.32. The van der Waals surface area contributed by atoms with Gasteiger partial charge in [0.25, 0.3) is 0 Å². The first kappa shape index (κ1) is 17.2. The number of rotatable bonds is 5. The van der Waals surface area contributed by atoms with Gasteiger partial charge in [-0.05, 0) is 51.9 Å². The van der Waals surface area contributed by atoms with Crippen LogP contribution < -0.4 is 5.32 Å². The lowest BCUT2D eigenvalue weighted by molar-refractivity contribution is 0.101. The molecule has 3 aromatic rings. The molecule has 0 aliphatic carbocycles. The summed E-state index contributed by atoms with van der Waals surface area (Å²) in [6, 6.07) is 7.62. The Labute approximate surface area is 156 Å². The Hall–Kier alpha value is -2.25. The van der Waals surface area contributed by atoms with Gasteiger partial charge in [-0.3, -0.25) is 4.79 Å². The molecular formula is C19H23N5OS. The summed E-state index contributed by atoms with van der Waals surface area (Å²) in [6.07, 6.45) is 4.28. The van der Waals surface area contributed by atoms with Crippen LogP contribution in [0.4, 0.5) is 5.13 Å². The zero-order valence-electron chi connectivity index (χ0n) is 15.1. The molecule has 1 aliphatic rings. The number of carbonyl (C=O) groups excluding carboxylic acids is 1. The van der Waals surface area contributed by atoms with Crippen LogP contribution in [0, 0.1) is 5.92 Å². The average Bonchev–Trinajstić information content (AvgIpc) is 3.21. The summed E-state index contributed by atoms with van der Waals surface area (Å²) in [5.41, 5.74) is 2.57. The monoisotopic (exact) mass is 369 g/mol. The van der Waals surface area contributed by atoms with Gasteiger partial charge in [-0.15, -0.1) is 5.10 Å². The number of hydrogen-bond donors (Lipinski definition) is 1. The van der Waals surface area contributed by atoms with Crippen LogP contribution in [-0.2, 0) is 0 Å². The van der Waals surface area contributed by atoms with Crippen LogP contribution in [-0.4, -0.2) is 52.0 Å². The maximum Gasteiger partial charge on any atom is 0.214 e. The first-order valence-corrected chi connectivity index (χ1v) is 9.80. The van der Waals surface area contributed by atoms with Crippen LogP contribution in [0.25, 0.3) is 16.2 Å². The molecular weight excluding hydrogens is 346 g/mol. The van der Waals surface area contributed by atoms with Crippen molar-refractivity contribution in [1.82, 2.24) is 19.5 Å². The lowest BCUT2D eigenvalue weighted by atomic mass is 9.97. The van der Waals surface area contributed by atoms with Gasteiger partial charge in [0.1, 0.15) is 0 Å². The smallest absolute Gasteiger partial charge is 0.214 e. The molecule has 0 bridgehead atoms. The number of carbonyl (C=O) groups is 1. The number of fused-ring (bicyclic) bond motifs is 1. The average molecular weight is 369 g/mol. The van der Waals surface area contributed by atoms with E-state index < -0.39 is 0 Å². The minimum atomic E-state index is 0.0615. The summed E-state index contributed by atoms with van der Waals surface area (Å²) >= 11 is 1.56. The van der Waals surface area contributed by atoms with E-state index in [9.17, 15) is 4.79 Å². The summed E-state index contributed by atoms with van der Waals surface area (Å²) in [5, 5.41) is 9.08. The number of Topliss-reactive ketones (excluding diaryl/α,β-unsaturated/α-hetero) is 1. The van der Waals surface area contributed by atoms with Crippen molar-refractivity contribution < 1.29 is 4.79 Å². The Morgan fingerprint density at radius 1 is 1.35 bits per heavy atom. The molecule has 1 fully saturated rings. The second kappa shape index (κ2) is 7.17. The fraction of sp³-hybridized carbons (Fsp3) is 0.421. The summed E-state index contributed by atoms with van der Waals surface area (Å²) in [4.78, 5) is 19.4. The highest BCUT2D eigenvalue weighted by Gasteiger charge is 2.18. The highest BCUT2D eigenvalue weighted by Crippen LogP contribution is 2.27. The molecule has 7 heteroatoms. The van der Waals surface area contributed by atoms with Crippen molar-refractivity contribution in [2.24, 2.45) is 5.92 Å². The zero-order chi connectivity index (χ0) is 18.1. The number of likely N-dealkylation sites (tertiary alicyclic amines) is 1. The lowest BCUT2D eigenvalue weighted by Gasteiger charge is -2.28. The molecule has 0 radical (unpaired) electrons. The molecule has 0 amide bonds. The van der Waals surface area contributed by atoms with E-state index in [1.807, 2.05) is 35.0 Å². The van der Waals surface area contributed by atoms with Gasteiger partial charge in [-0.1, -0.05) is 29.5 Å².